The smallest absolute Gasteiger partial charge is 0.101 e. The summed E-state index contributed by atoms with van der Waals surface area (Å²) < 4.78 is 0. The topological polar surface area (TPSA) is 47.6 Å². The van der Waals surface area contributed by atoms with E-state index in [0.717, 1.165) is 16.0 Å². The molecule has 1 aromatic carbocycles. The number of allylic oxidation sites excluding steroid dienone is 8. The second kappa shape index (κ2) is 6.42. The van der Waals surface area contributed by atoms with E-state index in [1.807, 2.05) is 18.2 Å². The van der Waals surface area contributed by atoms with Gasteiger partial charge >= 0.3 is 0 Å². The van der Waals surface area contributed by atoms with Gasteiger partial charge in [0, 0.05) is 0 Å². The molecule has 0 amide bonds. The molecule has 0 unspecified atom stereocenters. The van der Waals surface area contributed by atoms with Crippen LogP contribution in [0.2, 0.25) is 0 Å². The van der Waals surface area contributed by atoms with Crippen molar-refractivity contribution in [3.63, 3.8) is 0 Å². The molecule has 0 radical (unpaired) electrons. The second-order valence-corrected chi connectivity index (χ2v) is 6.83. The fourth-order valence-corrected chi connectivity index (χ4v) is 3.29. The lowest BCUT2D eigenvalue weighted by Crippen LogP contribution is -2.28. The first-order chi connectivity index (χ1) is 12.0. The van der Waals surface area contributed by atoms with Crippen molar-refractivity contribution in [2.24, 2.45) is 5.92 Å². The van der Waals surface area contributed by atoms with Gasteiger partial charge in [-0.3, -0.25) is 0 Å². The normalized spacial score (nSPS) is 15.9. The molecule has 0 N–H and O–H groups in total. The Morgan fingerprint density at radius 1 is 0.840 bits per heavy atom. The molecule has 0 fully saturated rings. The summed E-state index contributed by atoms with van der Waals surface area (Å²) in [7, 11) is 0. The van der Waals surface area contributed by atoms with E-state index in [9.17, 15) is 10.5 Å². The van der Waals surface area contributed by atoms with E-state index >= 15 is 0 Å². The van der Waals surface area contributed by atoms with Crippen LogP contribution >= 0.6 is 0 Å². The first kappa shape index (κ1) is 16.7. The number of hydrogen-bond acceptors (Lipinski definition) is 2. The zero-order valence-electron chi connectivity index (χ0n) is 15.0. The van der Waals surface area contributed by atoms with Gasteiger partial charge in [0.2, 0.25) is 0 Å². The summed E-state index contributed by atoms with van der Waals surface area (Å²) in [4.78, 5) is 0. The predicted octanol–water partition coefficient (Wildman–Crippen LogP) is 3.79. The number of nitrogens with zero attached hydrogens (tertiary/aromatic N) is 2. The van der Waals surface area contributed by atoms with Crippen LogP contribution in [0.3, 0.4) is 0 Å². The molecule has 2 aliphatic rings. The summed E-state index contributed by atoms with van der Waals surface area (Å²) >= 11 is 0. The minimum atomic E-state index is 0.424. The molecule has 0 saturated heterocycles. The van der Waals surface area contributed by atoms with E-state index in [-0.39, 0.29) is 0 Å². The van der Waals surface area contributed by atoms with Crippen LogP contribution in [-0.4, -0.2) is 0 Å². The highest BCUT2D eigenvalue weighted by Crippen LogP contribution is 2.32. The minimum Gasteiger partial charge on any atom is -0.192 e. The highest BCUT2D eigenvalue weighted by atomic mass is 14.3. The maximum atomic E-state index is 9.43. The average Bonchev–Trinajstić information content (AvgIpc) is 2.85. The molecule has 0 spiro atoms. The Balaban J connectivity index is 2.49. The Kier molecular flexibility index (Phi) is 4.30. The molecule has 2 nitrogen and oxygen atoms in total. The van der Waals surface area contributed by atoms with E-state index < -0.39 is 0 Å². The number of fused-ring (bicyclic) bond motifs is 2. The van der Waals surface area contributed by atoms with Gasteiger partial charge in [-0.05, 0) is 70.2 Å². The standard InChI is InChI=1S/C23H20N2/c1-14(2)17-7-6-16(4)23-21(10-17)15(3)5-8-18-9-19(12-24)20(13-25)11-22(18)23/h5-11,14H,1-4H3. The van der Waals surface area contributed by atoms with Gasteiger partial charge in [-0.15, -0.1) is 0 Å². The maximum Gasteiger partial charge on any atom is 0.101 e. The Labute approximate surface area is 148 Å². The lowest BCUT2D eigenvalue weighted by Gasteiger charge is -2.14. The molecule has 2 aliphatic carbocycles. The Bertz CT molecular complexity index is 1090. The molecule has 0 saturated carbocycles. The van der Waals surface area contributed by atoms with Gasteiger partial charge in [0.15, 0.2) is 0 Å². The second-order valence-electron chi connectivity index (χ2n) is 6.83. The van der Waals surface area contributed by atoms with E-state index in [1.54, 1.807) is 0 Å². The van der Waals surface area contributed by atoms with Crippen molar-refractivity contribution >= 4 is 11.6 Å². The van der Waals surface area contributed by atoms with Crippen molar-refractivity contribution in [3.05, 3.63) is 80.3 Å². The zero-order valence-corrected chi connectivity index (χ0v) is 15.0. The van der Waals surface area contributed by atoms with Crippen molar-refractivity contribution in [2.45, 2.75) is 27.7 Å². The molecule has 122 valence electrons. The van der Waals surface area contributed by atoms with Crippen LogP contribution in [0.4, 0.5) is 0 Å². The molecule has 0 aliphatic heterocycles. The lowest BCUT2D eigenvalue weighted by atomic mass is 9.90. The fraction of sp³-hybridized carbons (Fsp3) is 0.217. The molecule has 1 aromatic rings. The Morgan fingerprint density at radius 2 is 1.48 bits per heavy atom. The first-order valence-electron chi connectivity index (χ1n) is 8.44. The Morgan fingerprint density at radius 3 is 2.12 bits per heavy atom. The van der Waals surface area contributed by atoms with Crippen LogP contribution in [0, 0.1) is 28.6 Å². The highest BCUT2D eigenvalue weighted by molar-refractivity contribution is 5.86. The minimum absolute atomic E-state index is 0.424. The number of benzene rings is 1. The highest BCUT2D eigenvalue weighted by Gasteiger charge is 2.17. The third kappa shape index (κ3) is 2.88. The molecule has 3 rings (SSSR count). The monoisotopic (exact) mass is 324 g/mol. The van der Waals surface area contributed by atoms with Gasteiger partial charge in [-0.25, -0.2) is 0 Å². The van der Waals surface area contributed by atoms with Crippen LogP contribution in [-0.2, 0) is 0 Å². The predicted molar refractivity (Wildman–Crippen MR) is 102 cm³/mol. The van der Waals surface area contributed by atoms with Gasteiger partial charge in [0.1, 0.15) is 12.1 Å². The summed E-state index contributed by atoms with van der Waals surface area (Å²) in [5.41, 5.74) is 6.82. The van der Waals surface area contributed by atoms with Gasteiger partial charge in [-0.2, -0.15) is 10.5 Å². The third-order valence-corrected chi connectivity index (χ3v) is 4.80. The van der Waals surface area contributed by atoms with Gasteiger partial charge in [-0.1, -0.05) is 44.2 Å². The molecule has 0 bridgehead atoms. The molecule has 25 heavy (non-hydrogen) atoms. The summed E-state index contributed by atoms with van der Waals surface area (Å²) in [6.45, 7) is 8.61. The number of nitriles is 2. The van der Waals surface area contributed by atoms with Crippen LogP contribution in [0.1, 0.15) is 38.8 Å². The van der Waals surface area contributed by atoms with Gasteiger partial charge < -0.3 is 0 Å². The molecule has 0 heterocycles. The summed E-state index contributed by atoms with van der Waals surface area (Å²) in [6, 6.07) is 7.98. The lowest BCUT2D eigenvalue weighted by molar-refractivity contribution is 0.791. The summed E-state index contributed by atoms with van der Waals surface area (Å²) in [5.74, 6) is 0.436. The average molecular weight is 324 g/mol. The number of rotatable bonds is 1. The zero-order chi connectivity index (χ0) is 18.1. The summed E-state index contributed by atoms with van der Waals surface area (Å²) in [5, 5.41) is 20.8. The quantitative estimate of drug-likeness (QED) is 0.789. The fourth-order valence-electron chi connectivity index (χ4n) is 3.29. The van der Waals surface area contributed by atoms with Crippen molar-refractivity contribution in [2.75, 3.05) is 0 Å². The van der Waals surface area contributed by atoms with Crippen LogP contribution in [0.5, 0.6) is 0 Å². The third-order valence-electron chi connectivity index (χ3n) is 4.80. The van der Waals surface area contributed by atoms with Crippen molar-refractivity contribution in [3.8, 4) is 12.1 Å². The van der Waals surface area contributed by atoms with E-state index in [2.05, 4.69) is 64.1 Å². The van der Waals surface area contributed by atoms with Gasteiger partial charge in [0.05, 0.1) is 11.1 Å². The molecular weight excluding hydrogens is 304 g/mol. The van der Waals surface area contributed by atoms with E-state index in [4.69, 9.17) is 0 Å². The largest absolute Gasteiger partial charge is 0.192 e. The van der Waals surface area contributed by atoms with E-state index in [0.29, 0.717) is 17.0 Å². The maximum absolute atomic E-state index is 9.43. The van der Waals surface area contributed by atoms with Gasteiger partial charge in [0.25, 0.3) is 0 Å². The first-order valence-corrected chi connectivity index (χ1v) is 8.44. The van der Waals surface area contributed by atoms with Crippen LogP contribution in [0.15, 0.2) is 58.7 Å². The molecular formula is C23H20N2. The van der Waals surface area contributed by atoms with Crippen LogP contribution < -0.4 is 10.4 Å². The molecule has 0 aromatic heterocycles. The van der Waals surface area contributed by atoms with Crippen molar-refractivity contribution in [1.29, 1.82) is 10.5 Å². The number of hydrogen-bond donors (Lipinski definition) is 0. The molecule has 2 heteroatoms. The van der Waals surface area contributed by atoms with Crippen molar-refractivity contribution < 1.29 is 0 Å². The Hall–Kier alpha value is -3.10. The van der Waals surface area contributed by atoms with Crippen LogP contribution in [0.25, 0.3) is 11.6 Å². The van der Waals surface area contributed by atoms with Crippen molar-refractivity contribution in [1.82, 2.24) is 0 Å². The summed E-state index contributed by atoms with van der Waals surface area (Å²) in [6.07, 6.45) is 10.7. The molecule has 0 atom stereocenters. The van der Waals surface area contributed by atoms with E-state index in [1.165, 1.54) is 22.3 Å². The SMILES string of the molecule is CC1=CC=c2cc(C#N)c(C#N)cc2=C2C(C)=CC=C(C(C)C)C=C12.